The number of hydrogen-bond acceptors (Lipinski definition) is 6. The third-order valence-electron chi connectivity index (χ3n) is 4.22. The number of benzene rings is 2. The van der Waals surface area contributed by atoms with Crippen molar-refractivity contribution in [2.45, 2.75) is 11.6 Å². The number of fused-ring (bicyclic) bond motifs is 1. The number of aromatic nitrogens is 3. The normalized spacial score (nSPS) is 13.1. The van der Waals surface area contributed by atoms with Gasteiger partial charge in [-0.25, -0.2) is 4.39 Å². The van der Waals surface area contributed by atoms with E-state index in [9.17, 15) is 4.39 Å². The average Bonchev–Trinajstić information content (AvgIpc) is 3.10. The van der Waals surface area contributed by atoms with E-state index in [4.69, 9.17) is 9.47 Å². The molecule has 0 saturated heterocycles. The van der Waals surface area contributed by atoms with Gasteiger partial charge in [0.25, 0.3) is 0 Å². The Morgan fingerprint density at radius 1 is 1.04 bits per heavy atom. The lowest BCUT2D eigenvalue weighted by atomic mass is 10.1. The monoisotopic (exact) mass is 384 g/mol. The molecule has 6 nitrogen and oxygen atoms in total. The van der Waals surface area contributed by atoms with Crippen LogP contribution in [0.2, 0.25) is 0 Å². The fraction of sp³-hybridized carbons (Fsp3) is 0.211. The Hall–Kier alpha value is -2.87. The average molecular weight is 384 g/mol. The summed E-state index contributed by atoms with van der Waals surface area (Å²) in [5, 5.41) is 13.9. The van der Waals surface area contributed by atoms with Gasteiger partial charge < -0.3 is 9.47 Å². The Morgan fingerprint density at radius 3 is 2.56 bits per heavy atom. The second-order valence-corrected chi connectivity index (χ2v) is 6.86. The minimum Gasteiger partial charge on any atom is -0.493 e. The fourth-order valence-corrected chi connectivity index (χ4v) is 3.69. The van der Waals surface area contributed by atoms with Gasteiger partial charge in [-0.05, 0) is 35.4 Å². The van der Waals surface area contributed by atoms with Crippen LogP contribution >= 0.6 is 11.8 Å². The lowest BCUT2D eigenvalue weighted by Gasteiger charge is -2.14. The van der Waals surface area contributed by atoms with Crippen LogP contribution in [-0.2, 0) is 6.42 Å². The molecule has 0 unspecified atom stereocenters. The molecule has 4 rings (SSSR count). The summed E-state index contributed by atoms with van der Waals surface area (Å²) in [5.74, 6) is 2.47. The molecule has 2 aromatic carbocycles. The Kier molecular flexibility index (Phi) is 4.81. The van der Waals surface area contributed by atoms with Crippen molar-refractivity contribution in [3.05, 3.63) is 65.2 Å². The summed E-state index contributed by atoms with van der Waals surface area (Å²) in [6.45, 7) is 0. The SMILES string of the molecule is COc1ccc(Cc2nnc3n2N=C(c2ccc(F)cc2)CS3)cc1OC. The second kappa shape index (κ2) is 7.40. The van der Waals surface area contributed by atoms with Gasteiger partial charge in [-0.15, -0.1) is 10.2 Å². The van der Waals surface area contributed by atoms with Crippen molar-refractivity contribution in [3.8, 4) is 11.5 Å². The van der Waals surface area contributed by atoms with Crippen molar-refractivity contribution in [2.24, 2.45) is 5.10 Å². The molecule has 0 aliphatic carbocycles. The van der Waals surface area contributed by atoms with Gasteiger partial charge in [0.1, 0.15) is 5.82 Å². The van der Waals surface area contributed by atoms with Crippen LogP contribution in [-0.4, -0.2) is 40.6 Å². The zero-order valence-corrected chi connectivity index (χ0v) is 15.7. The Labute approximate surface area is 160 Å². The largest absolute Gasteiger partial charge is 0.493 e. The lowest BCUT2D eigenvalue weighted by molar-refractivity contribution is 0.354. The number of nitrogens with zero attached hydrogens (tertiary/aromatic N) is 4. The van der Waals surface area contributed by atoms with Crippen molar-refractivity contribution in [1.82, 2.24) is 14.9 Å². The Morgan fingerprint density at radius 2 is 1.81 bits per heavy atom. The van der Waals surface area contributed by atoms with Crippen LogP contribution in [0.5, 0.6) is 11.5 Å². The summed E-state index contributed by atoms with van der Waals surface area (Å²) in [7, 11) is 3.21. The molecule has 1 aromatic heterocycles. The lowest BCUT2D eigenvalue weighted by Crippen LogP contribution is -2.14. The first kappa shape index (κ1) is 17.5. The van der Waals surface area contributed by atoms with Gasteiger partial charge in [-0.1, -0.05) is 30.0 Å². The van der Waals surface area contributed by atoms with Crippen molar-refractivity contribution < 1.29 is 13.9 Å². The highest BCUT2D eigenvalue weighted by Crippen LogP contribution is 2.29. The minimum absolute atomic E-state index is 0.262. The van der Waals surface area contributed by atoms with E-state index in [1.807, 2.05) is 18.2 Å². The van der Waals surface area contributed by atoms with Gasteiger partial charge >= 0.3 is 0 Å². The highest BCUT2D eigenvalue weighted by atomic mass is 32.2. The molecule has 1 aliphatic rings. The van der Waals surface area contributed by atoms with Crippen LogP contribution in [0.3, 0.4) is 0 Å². The van der Waals surface area contributed by atoms with E-state index >= 15 is 0 Å². The molecule has 0 bridgehead atoms. The molecule has 8 heteroatoms. The van der Waals surface area contributed by atoms with Crippen molar-refractivity contribution >= 4 is 17.5 Å². The third kappa shape index (κ3) is 3.52. The van der Waals surface area contributed by atoms with Gasteiger partial charge in [-0.3, -0.25) is 0 Å². The maximum absolute atomic E-state index is 13.2. The van der Waals surface area contributed by atoms with Crippen molar-refractivity contribution in [2.75, 3.05) is 20.0 Å². The summed E-state index contributed by atoms with van der Waals surface area (Å²) in [4.78, 5) is 0. The fourth-order valence-electron chi connectivity index (χ4n) is 2.84. The maximum Gasteiger partial charge on any atom is 0.212 e. The molecule has 3 aromatic rings. The summed E-state index contributed by atoms with van der Waals surface area (Å²) in [6, 6.07) is 12.1. The molecule has 27 heavy (non-hydrogen) atoms. The first-order valence-corrected chi connectivity index (χ1v) is 9.28. The highest BCUT2D eigenvalue weighted by Gasteiger charge is 2.20. The first-order valence-electron chi connectivity index (χ1n) is 8.29. The molecule has 1 aliphatic heterocycles. The van der Waals surface area contributed by atoms with Gasteiger partial charge in [0.2, 0.25) is 5.16 Å². The molecule has 2 heterocycles. The van der Waals surface area contributed by atoms with E-state index in [0.29, 0.717) is 23.7 Å². The molecule has 138 valence electrons. The van der Waals surface area contributed by atoms with Crippen LogP contribution in [0.15, 0.2) is 52.7 Å². The third-order valence-corrected chi connectivity index (χ3v) is 5.15. The topological polar surface area (TPSA) is 61.5 Å². The minimum atomic E-state index is -0.262. The summed E-state index contributed by atoms with van der Waals surface area (Å²) in [5.41, 5.74) is 2.76. The first-order chi connectivity index (χ1) is 13.2. The van der Waals surface area contributed by atoms with Gasteiger partial charge in [0, 0.05) is 12.2 Å². The number of halogens is 1. The quantitative estimate of drug-likeness (QED) is 0.675. The molecule has 0 spiro atoms. The number of methoxy groups -OCH3 is 2. The zero-order valence-electron chi connectivity index (χ0n) is 14.8. The molecule has 0 amide bonds. The summed E-state index contributed by atoms with van der Waals surface area (Å²) in [6.07, 6.45) is 0.550. The molecule has 0 saturated carbocycles. The van der Waals surface area contributed by atoms with Crippen molar-refractivity contribution in [3.63, 3.8) is 0 Å². The molecule has 0 N–H and O–H groups in total. The van der Waals surface area contributed by atoms with Crippen molar-refractivity contribution in [1.29, 1.82) is 0 Å². The van der Waals surface area contributed by atoms with Gasteiger partial charge in [-0.2, -0.15) is 9.78 Å². The van der Waals surface area contributed by atoms with Crippen LogP contribution in [0.4, 0.5) is 4.39 Å². The smallest absolute Gasteiger partial charge is 0.212 e. The van der Waals surface area contributed by atoms with E-state index in [-0.39, 0.29) is 5.82 Å². The Balaban J connectivity index is 1.64. The number of rotatable bonds is 5. The van der Waals surface area contributed by atoms with Gasteiger partial charge in [0.05, 0.1) is 19.9 Å². The van der Waals surface area contributed by atoms with Crippen LogP contribution in [0.1, 0.15) is 17.0 Å². The predicted molar refractivity (Wildman–Crippen MR) is 101 cm³/mol. The van der Waals surface area contributed by atoms with Gasteiger partial charge in [0.15, 0.2) is 17.3 Å². The van der Waals surface area contributed by atoms with E-state index in [1.54, 1.807) is 42.8 Å². The number of hydrogen-bond donors (Lipinski definition) is 0. The molecule has 0 radical (unpaired) electrons. The van der Waals surface area contributed by atoms with Crippen LogP contribution in [0.25, 0.3) is 0 Å². The van der Waals surface area contributed by atoms with E-state index in [1.165, 1.54) is 12.1 Å². The van der Waals surface area contributed by atoms with E-state index < -0.39 is 0 Å². The summed E-state index contributed by atoms with van der Waals surface area (Å²) < 4.78 is 25.6. The zero-order chi connectivity index (χ0) is 18.8. The Bertz CT molecular complexity index is 1000. The molecular weight excluding hydrogens is 367 g/mol. The highest BCUT2D eigenvalue weighted by molar-refractivity contribution is 7.99. The number of thioether (sulfide) groups is 1. The summed E-state index contributed by atoms with van der Waals surface area (Å²) >= 11 is 1.56. The molecule has 0 fully saturated rings. The molecule has 0 atom stereocenters. The van der Waals surface area contributed by atoms with E-state index in [2.05, 4.69) is 15.3 Å². The van der Waals surface area contributed by atoms with E-state index in [0.717, 1.165) is 27.8 Å². The predicted octanol–water partition coefficient (Wildman–Crippen LogP) is 3.38. The standard InChI is InChI=1S/C19H17FN4O2S/c1-25-16-8-3-12(9-17(16)26-2)10-18-21-22-19-24(18)23-15(11-27-19)13-4-6-14(20)7-5-13/h3-9H,10-11H2,1-2H3. The number of ether oxygens (including phenoxy) is 2. The second-order valence-electron chi connectivity index (χ2n) is 5.92. The van der Waals surface area contributed by atoms with Crippen LogP contribution in [0, 0.1) is 5.82 Å². The van der Waals surface area contributed by atoms with Crippen LogP contribution < -0.4 is 9.47 Å². The molecular formula is C19H17FN4O2S. The maximum atomic E-state index is 13.2.